The zero-order valence-corrected chi connectivity index (χ0v) is 9.42. The lowest BCUT2D eigenvalue weighted by Crippen LogP contribution is -2.21. The van der Waals surface area contributed by atoms with E-state index in [0.717, 1.165) is 31.5 Å². The molecule has 15 heavy (non-hydrogen) atoms. The molecule has 2 heteroatoms. The first-order valence-corrected chi connectivity index (χ1v) is 5.61. The van der Waals surface area contributed by atoms with Crippen molar-refractivity contribution in [2.45, 2.75) is 26.7 Å². The monoisotopic (exact) mass is 203 g/mol. The molecule has 0 radical (unpaired) electrons. The summed E-state index contributed by atoms with van der Waals surface area (Å²) in [4.78, 5) is 13.7. The van der Waals surface area contributed by atoms with Crippen LogP contribution >= 0.6 is 0 Å². The standard InChI is InChI=1S/C13H17NO/c1-3-7-14-8-6-11-4-5-12(10(2)15)9-13(11)14/h4-5,9H,3,6-8H2,1-2H3. The van der Waals surface area contributed by atoms with Crippen molar-refractivity contribution in [3.8, 4) is 0 Å². The fraction of sp³-hybridized carbons (Fsp3) is 0.462. The minimum absolute atomic E-state index is 0.154. The van der Waals surface area contributed by atoms with Crippen LogP contribution in [0.5, 0.6) is 0 Å². The number of carbonyl (C=O) groups excluding carboxylic acids is 1. The largest absolute Gasteiger partial charge is 0.371 e. The minimum Gasteiger partial charge on any atom is -0.371 e. The molecule has 0 aliphatic carbocycles. The molecule has 2 nitrogen and oxygen atoms in total. The van der Waals surface area contributed by atoms with Crippen LogP contribution in [0.15, 0.2) is 18.2 Å². The van der Waals surface area contributed by atoms with Gasteiger partial charge in [-0.3, -0.25) is 4.79 Å². The third kappa shape index (κ3) is 1.89. The Balaban J connectivity index is 2.33. The summed E-state index contributed by atoms with van der Waals surface area (Å²) < 4.78 is 0. The molecule has 0 amide bonds. The third-order valence-electron chi connectivity index (χ3n) is 2.98. The van der Waals surface area contributed by atoms with Crippen molar-refractivity contribution in [2.75, 3.05) is 18.0 Å². The molecule has 0 N–H and O–H groups in total. The second-order valence-corrected chi connectivity index (χ2v) is 4.14. The maximum absolute atomic E-state index is 11.3. The molecule has 0 bridgehead atoms. The van der Waals surface area contributed by atoms with Crippen molar-refractivity contribution in [3.63, 3.8) is 0 Å². The van der Waals surface area contributed by atoms with Crippen LogP contribution < -0.4 is 4.90 Å². The Morgan fingerprint density at radius 2 is 2.27 bits per heavy atom. The molecule has 1 aromatic carbocycles. The van der Waals surface area contributed by atoms with Gasteiger partial charge in [0.15, 0.2) is 5.78 Å². The number of hydrogen-bond acceptors (Lipinski definition) is 2. The van der Waals surface area contributed by atoms with Crippen LogP contribution in [-0.4, -0.2) is 18.9 Å². The van der Waals surface area contributed by atoms with Gasteiger partial charge in [-0.05, 0) is 31.4 Å². The number of rotatable bonds is 3. The van der Waals surface area contributed by atoms with Crippen molar-refractivity contribution in [3.05, 3.63) is 29.3 Å². The fourth-order valence-corrected chi connectivity index (χ4v) is 2.17. The highest BCUT2D eigenvalue weighted by Gasteiger charge is 2.18. The highest BCUT2D eigenvalue weighted by atomic mass is 16.1. The van der Waals surface area contributed by atoms with Gasteiger partial charge >= 0.3 is 0 Å². The molecular weight excluding hydrogens is 186 g/mol. The Morgan fingerprint density at radius 1 is 1.47 bits per heavy atom. The first-order valence-electron chi connectivity index (χ1n) is 5.61. The molecule has 1 aliphatic rings. The van der Waals surface area contributed by atoms with Gasteiger partial charge in [-0.15, -0.1) is 0 Å². The molecule has 0 aromatic heterocycles. The zero-order valence-electron chi connectivity index (χ0n) is 9.42. The number of ketones is 1. The molecule has 0 saturated heterocycles. The van der Waals surface area contributed by atoms with Crippen molar-refractivity contribution in [2.24, 2.45) is 0 Å². The highest BCUT2D eigenvalue weighted by molar-refractivity contribution is 5.95. The van der Waals surface area contributed by atoms with Crippen LogP contribution in [0.25, 0.3) is 0 Å². The normalized spacial score (nSPS) is 14.1. The lowest BCUT2D eigenvalue weighted by Gasteiger charge is -2.18. The van der Waals surface area contributed by atoms with Gasteiger partial charge in [-0.25, -0.2) is 0 Å². The maximum atomic E-state index is 11.3. The van der Waals surface area contributed by atoms with E-state index in [4.69, 9.17) is 0 Å². The van der Waals surface area contributed by atoms with Crippen LogP contribution in [0.4, 0.5) is 5.69 Å². The van der Waals surface area contributed by atoms with E-state index in [-0.39, 0.29) is 5.78 Å². The van der Waals surface area contributed by atoms with Crippen LogP contribution in [0.2, 0.25) is 0 Å². The van der Waals surface area contributed by atoms with Crippen molar-refractivity contribution in [1.82, 2.24) is 0 Å². The lowest BCUT2D eigenvalue weighted by molar-refractivity contribution is 0.101. The second kappa shape index (κ2) is 4.05. The SMILES string of the molecule is CCCN1CCc2ccc(C(C)=O)cc21. The average molecular weight is 203 g/mol. The van der Waals surface area contributed by atoms with Gasteiger partial charge < -0.3 is 4.90 Å². The van der Waals surface area contributed by atoms with Gasteiger partial charge in [0, 0.05) is 24.3 Å². The zero-order chi connectivity index (χ0) is 10.8. The number of benzene rings is 1. The number of fused-ring (bicyclic) bond motifs is 1. The van der Waals surface area contributed by atoms with Crippen molar-refractivity contribution >= 4 is 11.5 Å². The summed E-state index contributed by atoms with van der Waals surface area (Å²) in [5.41, 5.74) is 3.48. The predicted molar refractivity (Wildman–Crippen MR) is 62.7 cm³/mol. The van der Waals surface area contributed by atoms with E-state index in [0.29, 0.717) is 0 Å². The molecule has 0 unspecified atom stereocenters. The maximum Gasteiger partial charge on any atom is 0.159 e. The van der Waals surface area contributed by atoms with Crippen LogP contribution in [0, 0.1) is 0 Å². The Kier molecular flexibility index (Phi) is 2.76. The summed E-state index contributed by atoms with van der Waals surface area (Å²) in [6.07, 6.45) is 2.28. The molecular formula is C13H17NO. The van der Waals surface area contributed by atoms with Crippen molar-refractivity contribution in [1.29, 1.82) is 0 Å². The number of carbonyl (C=O) groups is 1. The van der Waals surface area contributed by atoms with Gasteiger partial charge in [0.2, 0.25) is 0 Å². The molecule has 1 aromatic rings. The molecule has 0 atom stereocenters. The minimum atomic E-state index is 0.154. The lowest BCUT2D eigenvalue weighted by atomic mass is 10.1. The topological polar surface area (TPSA) is 20.3 Å². The number of nitrogens with zero attached hydrogens (tertiary/aromatic N) is 1. The molecule has 0 spiro atoms. The van der Waals surface area contributed by atoms with Gasteiger partial charge in [0.25, 0.3) is 0 Å². The van der Waals surface area contributed by atoms with E-state index < -0.39 is 0 Å². The van der Waals surface area contributed by atoms with Crippen molar-refractivity contribution < 1.29 is 4.79 Å². The van der Waals surface area contributed by atoms with Gasteiger partial charge in [-0.1, -0.05) is 19.1 Å². The fourth-order valence-electron chi connectivity index (χ4n) is 2.17. The first kappa shape index (κ1) is 10.2. The van der Waals surface area contributed by atoms with E-state index in [1.165, 1.54) is 11.3 Å². The first-order chi connectivity index (χ1) is 7.22. The summed E-state index contributed by atoms with van der Waals surface area (Å²) in [6.45, 7) is 6.01. The Morgan fingerprint density at radius 3 is 2.93 bits per heavy atom. The van der Waals surface area contributed by atoms with Gasteiger partial charge in [-0.2, -0.15) is 0 Å². The molecule has 2 rings (SSSR count). The quantitative estimate of drug-likeness (QED) is 0.704. The second-order valence-electron chi connectivity index (χ2n) is 4.14. The van der Waals surface area contributed by atoms with Crippen LogP contribution in [0.1, 0.15) is 36.2 Å². The number of anilines is 1. The van der Waals surface area contributed by atoms with E-state index >= 15 is 0 Å². The smallest absolute Gasteiger partial charge is 0.159 e. The number of Topliss-reactive ketones (excluding diaryl/α,β-unsaturated/α-hetero) is 1. The highest BCUT2D eigenvalue weighted by Crippen LogP contribution is 2.29. The van der Waals surface area contributed by atoms with E-state index in [1.807, 2.05) is 12.1 Å². The molecule has 80 valence electrons. The van der Waals surface area contributed by atoms with Crippen LogP contribution in [-0.2, 0) is 6.42 Å². The van der Waals surface area contributed by atoms with Gasteiger partial charge in [0.1, 0.15) is 0 Å². The predicted octanol–water partition coefficient (Wildman–Crippen LogP) is 2.66. The summed E-state index contributed by atoms with van der Waals surface area (Å²) in [5.74, 6) is 0.154. The molecule has 1 aliphatic heterocycles. The Hall–Kier alpha value is -1.31. The third-order valence-corrected chi connectivity index (χ3v) is 2.98. The Labute approximate surface area is 90.9 Å². The molecule has 0 fully saturated rings. The van der Waals surface area contributed by atoms with E-state index in [2.05, 4.69) is 17.9 Å². The van der Waals surface area contributed by atoms with Crippen LogP contribution in [0.3, 0.4) is 0 Å². The number of hydrogen-bond donors (Lipinski definition) is 0. The Bertz CT molecular complexity index is 382. The molecule has 0 saturated carbocycles. The summed E-state index contributed by atoms with van der Waals surface area (Å²) in [5, 5.41) is 0. The summed E-state index contributed by atoms with van der Waals surface area (Å²) in [7, 11) is 0. The molecule has 1 heterocycles. The average Bonchev–Trinajstić information content (AvgIpc) is 2.61. The van der Waals surface area contributed by atoms with Gasteiger partial charge in [0.05, 0.1) is 0 Å². The summed E-state index contributed by atoms with van der Waals surface area (Å²) >= 11 is 0. The summed E-state index contributed by atoms with van der Waals surface area (Å²) in [6, 6.07) is 6.08. The van der Waals surface area contributed by atoms with E-state index in [1.54, 1.807) is 6.92 Å². The van der Waals surface area contributed by atoms with E-state index in [9.17, 15) is 4.79 Å².